The summed E-state index contributed by atoms with van der Waals surface area (Å²) in [6.45, 7) is 9.36. The van der Waals surface area contributed by atoms with E-state index in [1.165, 1.54) is 32.4 Å². The Hall–Kier alpha value is -3.42. The maximum absolute atomic E-state index is 14.1. The van der Waals surface area contributed by atoms with E-state index in [-0.39, 0.29) is 24.6 Å². The van der Waals surface area contributed by atoms with Gasteiger partial charge < -0.3 is 21.1 Å². The molecule has 1 saturated carbocycles. The molecule has 6 atom stereocenters. The number of carbonyl (C=O) groups is 3. The standard InChI is InChI=1S/C35H52N6O6S/c1-34(2,3)40-32(44)28-19-24-14-10-11-15-25(24)21-41(28)22-29(42)26(18-23-12-8-7-9-13-23)38-33(45)30(35(4,5)48(6,46)47)39-31(43)27-20-36-16-17-37-27/h7-9,12-13,16-17,20,24-26,28-30,42H,10-11,14-15,18-19,21-22H2,1-6H3,(H,38,45)(H,39,43)(H,40,44)/t24-,25+,26?,28?,29?,30+/m0/s1. The Kier molecular flexibility index (Phi) is 12.0. The molecular weight excluding hydrogens is 632 g/mol. The molecule has 0 bridgehead atoms. The third-order valence-electron chi connectivity index (χ3n) is 9.80. The molecule has 2 fully saturated rings. The van der Waals surface area contributed by atoms with Gasteiger partial charge in [-0.1, -0.05) is 49.6 Å². The lowest BCUT2D eigenvalue weighted by atomic mass is 9.72. The largest absolute Gasteiger partial charge is 0.390 e. The van der Waals surface area contributed by atoms with E-state index in [1.807, 2.05) is 51.1 Å². The van der Waals surface area contributed by atoms with E-state index in [1.54, 1.807) is 0 Å². The molecule has 13 heteroatoms. The van der Waals surface area contributed by atoms with Crippen molar-refractivity contribution in [2.75, 3.05) is 19.3 Å². The highest BCUT2D eigenvalue weighted by atomic mass is 32.2. The summed E-state index contributed by atoms with van der Waals surface area (Å²) in [6.07, 6.45) is 9.21. The van der Waals surface area contributed by atoms with E-state index in [4.69, 9.17) is 0 Å². The number of fused-ring (bicyclic) bond motifs is 1. The van der Waals surface area contributed by atoms with E-state index in [0.29, 0.717) is 24.8 Å². The highest BCUT2D eigenvalue weighted by Gasteiger charge is 2.46. The Morgan fingerprint density at radius 1 is 1.00 bits per heavy atom. The van der Waals surface area contributed by atoms with Gasteiger partial charge in [-0.15, -0.1) is 0 Å². The number of benzene rings is 1. The summed E-state index contributed by atoms with van der Waals surface area (Å²) in [7, 11) is -3.88. The maximum Gasteiger partial charge on any atom is 0.272 e. The number of sulfone groups is 1. The summed E-state index contributed by atoms with van der Waals surface area (Å²) in [5.41, 5.74) is 0.342. The van der Waals surface area contributed by atoms with Gasteiger partial charge in [0.15, 0.2) is 9.84 Å². The second-order valence-electron chi connectivity index (χ2n) is 15.0. The summed E-state index contributed by atoms with van der Waals surface area (Å²) in [6, 6.07) is 6.51. The average molecular weight is 685 g/mol. The van der Waals surface area contributed by atoms with Gasteiger partial charge in [0.1, 0.15) is 11.7 Å². The van der Waals surface area contributed by atoms with Crippen molar-refractivity contribution in [1.82, 2.24) is 30.8 Å². The van der Waals surface area contributed by atoms with Gasteiger partial charge in [-0.2, -0.15) is 0 Å². The number of nitrogens with zero attached hydrogens (tertiary/aromatic N) is 3. The van der Waals surface area contributed by atoms with E-state index >= 15 is 0 Å². The van der Waals surface area contributed by atoms with Crippen LogP contribution < -0.4 is 16.0 Å². The molecule has 2 aliphatic rings. The molecule has 0 spiro atoms. The summed E-state index contributed by atoms with van der Waals surface area (Å²) in [4.78, 5) is 50.8. The molecule has 48 heavy (non-hydrogen) atoms. The van der Waals surface area contributed by atoms with Gasteiger partial charge in [-0.05, 0) is 71.3 Å². The molecular formula is C35H52N6O6S. The highest BCUT2D eigenvalue weighted by Crippen LogP contribution is 2.39. The lowest BCUT2D eigenvalue weighted by molar-refractivity contribution is -0.133. The number of nitrogens with one attached hydrogen (secondary N) is 3. The van der Waals surface area contributed by atoms with E-state index < -0.39 is 56.2 Å². The Morgan fingerprint density at radius 3 is 2.27 bits per heavy atom. The first-order valence-electron chi connectivity index (χ1n) is 16.8. The van der Waals surface area contributed by atoms with Gasteiger partial charge in [-0.25, -0.2) is 13.4 Å². The second kappa shape index (κ2) is 15.4. The zero-order chi connectivity index (χ0) is 35.3. The topological polar surface area (TPSA) is 171 Å². The molecule has 1 aliphatic carbocycles. The van der Waals surface area contributed by atoms with E-state index in [2.05, 4.69) is 30.8 Å². The molecule has 1 saturated heterocycles. The Morgan fingerprint density at radius 2 is 1.67 bits per heavy atom. The van der Waals surface area contributed by atoms with Crippen LogP contribution in [0.5, 0.6) is 0 Å². The van der Waals surface area contributed by atoms with Gasteiger partial charge in [-0.3, -0.25) is 24.3 Å². The minimum Gasteiger partial charge on any atom is -0.390 e. The summed E-state index contributed by atoms with van der Waals surface area (Å²) < 4.78 is 24.2. The average Bonchev–Trinajstić information content (AvgIpc) is 3.02. The molecule has 3 unspecified atom stereocenters. The van der Waals surface area contributed by atoms with Crippen molar-refractivity contribution in [2.45, 2.75) is 108 Å². The smallest absolute Gasteiger partial charge is 0.272 e. The first-order chi connectivity index (χ1) is 22.5. The van der Waals surface area contributed by atoms with Crippen LogP contribution in [0.1, 0.15) is 82.8 Å². The van der Waals surface area contributed by atoms with Crippen molar-refractivity contribution in [3.8, 4) is 0 Å². The second-order valence-corrected chi connectivity index (χ2v) is 17.6. The molecule has 264 valence electrons. The molecule has 4 rings (SSSR count). The predicted octanol–water partition coefficient (Wildman–Crippen LogP) is 2.28. The fourth-order valence-electron chi connectivity index (χ4n) is 6.80. The molecule has 0 radical (unpaired) electrons. The number of piperidine rings is 1. The number of carbonyl (C=O) groups excluding carboxylic acids is 3. The van der Waals surface area contributed by atoms with E-state index in [0.717, 1.165) is 37.5 Å². The first kappa shape index (κ1) is 37.4. The minimum absolute atomic E-state index is 0.0776. The van der Waals surface area contributed by atoms with Crippen molar-refractivity contribution in [3.05, 3.63) is 60.2 Å². The lowest BCUT2D eigenvalue weighted by Gasteiger charge is -2.47. The number of β-amino-alcohol motifs (C(OH)–C–C–N with tert-alkyl or cyclic N) is 1. The molecule has 1 aromatic carbocycles. The van der Waals surface area contributed by atoms with Crippen LogP contribution in [0.4, 0.5) is 0 Å². The van der Waals surface area contributed by atoms with Crippen LogP contribution in [0.3, 0.4) is 0 Å². The number of hydrogen-bond donors (Lipinski definition) is 4. The number of likely N-dealkylation sites (tertiary alicyclic amines) is 1. The summed E-state index contributed by atoms with van der Waals surface area (Å²) in [5, 5.41) is 20.5. The maximum atomic E-state index is 14.1. The summed E-state index contributed by atoms with van der Waals surface area (Å²) >= 11 is 0. The molecule has 4 N–H and O–H groups in total. The number of aliphatic hydroxyl groups excluding tert-OH is 1. The van der Waals surface area contributed by atoms with Crippen LogP contribution in [0.2, 0.25) is 0 Å². The zero-order valence-corrected chi connectivity index (χ0v) is 29.8. The van der Waals surface area contributed by atoms with Gasteiger partial charge in [0.05, 0.1) is 29.1 Å². The highest BCUT2D eigenvalue weighted by molar-refractivity contribution is 7.92. The monoisotopic (exact) mass is 684 g/mol. The van der Waals surface area contributed by atoms with Gasteiger partial charge in [0.2, 0.25) is 11.8 Å². The molecule has 2 aromatic rings. The normalized spacial score (nSPS) is 22.4. The number of aromatic nitrogens is 2. The van der Waals surface area contributed by atoms with Gasteiger partial charge in [0.25, 0.3) is 5.91 Å². The predicted molar refractivity (Wildman–Crippen MR) is 184 cm³/mol. The molecule has 12 nitrogen and oxygen atoms in total. The van der Waals surface area contributed by atoms with Gasteiger partial charge in [0, 0.05) is 37.3 Å². The van der Waals surface area contributed by atoms with Crippen LogP contribution in [0.15, 0.2) is 48.9 Å². The van der Waals surface area contributed by atoms with Crippen molar-refractivity contribution in [2.24, 2.45) is 11.8 Å². The summed E-state index contributed by atoms with van der Waals surface area (Å²) in [5.74, 6) is -0.745. The third kappa shape index (κ3) is 9.60. The van der Waals surface area contributed by atoms with Crippen molar-refractivity contribution in [1.29, 1.82) is 0 Å². The Balaban J connectivity index is 1.63. The quantitative estimate of drug-likeness (QED) is 0.262. The van der Waals surface area contributed by atoms with Gasteiger partial charge >= 0.3 is 0 Å². The fraction of sp³-hybridized carbons (Fsp3) is 0.629. The molecule has 1 aliphatic heterocycles. The molecule has 1 aromatic heterocycles. The van der Waals surface area contributed by atoms with Crippen molar-refractivity contribution < 1.29 is 27.9 Å². The molecule has 2 heterocycles. The number of hydrogen-bond acceptors (Lipinski definition) is 9. The van der Waals surface area contributed by atoms with Crippen LogP contribution in [-0.4, -0.2) is 100.0 Å². The lowest BCUT2D eigenvalue weighted by Crippen LogP contribution is -2.64. The van der Waals surface area contributed by atoms with Crippen LogP contribution >= 0.6 is 0 Å². The van der Waals surface area contributed by atoms with Crippen LogP contribution in [0.25, 0.3) is 0 Å². The molecule has 3 amide bonds. The first-order valence-corrected chi connectivity index (χ1v) is 18.7. The number of rotatable bonds is 12. The Labute approximate surface area is 284 Å². The SMILES string of the molecule is CC(C)(C)NC(=O)C1C[C@@H]2CCCC[C@@H]2CN1CC(O)C(Cc1ccccc1)NC(=O)[C@@H](NC(=O)c1cnccn1)C(C)(C)S(C)(=O)=O. The van der Waals surface area contributed by atoms with Crippen molar-refractivity contribution in [3.63, 3.8) is 0 Å². The zero-order valence-electron chi connectivity index (χ0n) is 29.0. The van der Waals surface area contributed by atoms with E-state index in [9.17, 15) is 27.9 Å². The minimum atomic E-state index is -3.88. The Bertz CT molecular complexity index is 1510. The fourth-order valence-corrected chi connectivity index (χ4v) is 7.40. The van der Waals surface area contributed by atoms with Crippen LogP contribution in [0, 0.1) is 11.8 Å². The third-order valence-corrected chi connectivity index (χ3v) is 11.9. The number of aliphatic hydroxyl groups is 1. The van der Waals surface area contributed by atoms with Crippen molar-refractivity contribution >= 4 is 27.6 Å². The van der Waals surface area contributed by atoms with Crippen LogP contribution in [-0.2, 0) is 25.8 Å². The number of amides is 3.